The molecule has 306 valence electrons. The zero-order valence-corrected chi connectivity index (χ0v) is 32.1. The second-order valence-corrected chi connectivity index (χ2v) is 15.2. The van der Waals surface area contributed by atoms with Gasteiger partial charge in [0.2, 0.25) is 0 Å². The fraction of sp³-hybridized carbons (Fsp3) is 0.395. The molecule has 14 heteroatoms. The standard InChI is InChI=1S/C43H46F6N2O6/c1-30(33-22-35(42(44,45)46)24-36(23-33)43(47,48)49)56-29-41(34-18-12-7-13-19-34)21-20-40(50-37(52)57-39(2,3)4,28-54-25-31-14-8-5-9-15-31)27-51(41)38(53)55-26-32-16-10-6-11-17-32/h5-19,22-24,30H,20-21,25-29H2,1-4H3,(H,50,52)/t30-,40+,41-/m1/s1. The van der Waals surface area contributed by atoms with Crippen molar-refractivity contribution in [2.75, 3.05) is 19.8 Å². The first kappa shape index (κ1) is 43.1. The normalized spacial score (nSPS) is 19.4. The highest BCUT2D eigenvalue weighted by Crippen LogP contribution is 2.44. The zero-order valence-electron chi connectivity index (χ0n) is 32.1. The summed E-state index contributed by atoms with van der Waals surface area (Å²) in [4.78, 5) is 29.3. The number of benzene rings is 4. The van der Waals surface area contributed by atoms with Crippen molar-refractivity contribution in [2.24, 2.45) is 0 Å². The van der Waals surface area contributed by atoms with Crippen LogP contribution in [0.3, 0.4) is 0 Å². The molecule has 0 spiro atoms. The van der Waals surface area contributed by atoms with Crippen molar-refractivity contribution in [1.29, 1.82) is 0 Å². The monoisotopic (exact) mass is 800 g/mol. The van der Waals surface area contributed by atoms with Crippen molar-refractivity contribution >= 4 is 12.2 Å². The predicted octanol–water partition coefficient (Wildman–Crippen LogP) is 10.6. The van der Waals surface area contributed by atoms with Crippen molar-refractivity contribution in [1.82, 2.24) is 10.2 Å². The van der Waals surface area contributed by atoms with E-state index in [0.717, 1.165) is 5.56 Å². The number of alkyl carbamates (subject to hydrolysis) is 1. The van der Waals surface area contributed by atoms with Gasteiger partial charge in [0.1, 0.15) is 12.2 Å². The van der Waals surface area contributed by atoms with Crippen LogP contribution in [0.25, 0.3) is 0 Å². The summed E-state index contributed by atoms with van der Waals surface area (Å²) in [7, 11) is 0. The van der Waals surface area contributed by atoms with Crippen LogP contribution in [0.5, 0.6) is 0 Å². The van der Waals surface area contributed by atoms with E-state index in [-0.39, 0.29) is 57.4 Å². The van der Waals surface area contributed by atoms with Crippen molar-refractivity contribution in [3.8, 4) is 0 Å². The molecular weight excluding hydrogens is 754 g/mol. The Morgan fingerprint density at radius 3 is 1.79 bits per heavy atom. The summed E-state index contributed by atoms with van der Waals surface area (Å²) in [6.45, 7) is 5.88. The number of carbonyl (C=O) groups excluding carboxylic acids is 2. The number of nitrogens with one attached hydrogen (secondary N) is 1. The van der Waals surface area contributed by atoms with Gasteiger partial charge < -0.3 is 24.3 Å². The minimum Gasteiger partial charge on any atom is -0.445 e. The molecule has 1 fully saturated rings. The maximum Gasteiger partial charge on any atom is 0.416 e. The lowest BCUT2D eigenvalue weighted by molar-refractivity contribution is -0.143. The van der Waals surface area contributed by atoms with Gasteiger partial charge in [-0.3, -0.25) is 4.90 Å². The van der Waals surface area contributed by atoms with Crippen LogP contribution in [0, 0.1) is 0 Å². The van der Waals surface area contributed by atoms with E-state index >= 15 is 0 Å². The molecule has 1 N–H and O–H groups in total. The lowest BCUT2D eigenvalue weighted by Gasteiger charge is -2.53. The number of amides is 2. The Morgan fingerprint density at radius 2 is 1.26 bits per heavy atom. The molecule has 1 saturated heterocycles. The SMILES string of the molecule is C[C@@H](OC[C@@]1(c2ccccc2)CC[C@](COCc2ccccc2)(NC(=O)OC(C)(C)C)CN1C(=O)OCc1ccccc1)c1cc(C(F)(F)F)cc(C(F)(F)F)c1. The first-order chi connectivity index (χ1) is 26.8. The highest BCUT2D eigenvalue weighted by molar-refractivity contribution is 5.72. The Kier molecular flexibility index (Phi) is 13.3. The molecule has 0 aromatic heterocycles. The van der Waals surface area contributed by atoms with E-state index in [1.807, 2.05) is 36.4 Å². The van der Waals surface area contributed by atoms with Gasteiger partial charge in [-0.1, -0.05) is 91.0 Å². The van der Waals surface area contributed by atoms with Crippen molar-refractivity contribution in [3.63, 3.8) is 0 Å². The first-order valence-electron chi connectivity index (χ1n) is 18.4. The number of nitrogens with zero attached hydrogens (tertiary/aromatic N) is 1. The number of ether oxygens (including phenoxy) is 4. The Bertz CT molecular complexity index is 1910. The number of piperidine rings is 1. The van der Waals surface area contributed by atoms with E-state index in [1.54, 1.807) is 75.4 Å². The highest BCUT2D eigenvalue weighted by Gasteiger charge is 2.53. The average Bonchev–Trinajstić information content (AvgIpc) is 3.16. The predicted molar refractivity (Wildman–Crippen MR) is 200 cm³/mol. The quantitative estimate of drug-likeness (QED) is 0.144. The van der Waals surface area contributed by atoms with E-state index in [9.17, 15) is 35.9 Å². The number of rotatable bonds is 12. The second-order valence-electron chi connectivity index (χ2n) is 15.2. The van der Waals surface area contributed by atoms with E-state index in [4.69, 9.17) is 18.9 Å². The number of halogens is 6. The fourth-order valence-electron chi connectivity index (χ4n) is 6.72. The number of carbonyl (C=O) groups is 2. The molecule has 0 radical (unpaired) electrons. The van der Waals surface area contributed by atoms with Crippen molar-refractivity contribution in [3.05, 3.63) is 143 Å². The third-order valence-corrected chi connectivity index (χ3v) is 9.64. The molecule has 5 rings (SSSR count). The molecule has 57 heavy (non-hydrogen) atoms. The van der Waals surface area contributed by atoms with Gasteiger partial charge in [0.15, 0.2) is 0 Å². The average molecular weight is 801 g/mol. The molecule has 0 saturated carbocycles. The van der Waals surface area contributed by atoms with Crippen LogP contribution >= 0.6 is 0 Å². The number of alkyl halides is 6. The van der Waals surface area contributed by atoms with Crippen LogP contribution in [0.2, 0.25) is 0 Å². The maximum atomic E-state index is 14.5. The zero-order chi connectivity index (χ0) is 41.5. The van der Waals surface area contributed by atoms with Gasteiger partial charge in [0, 0.05) is 0 Å². The lowest BCUT2D eigenvalue weighted by atomic mass is 9.75. The third kappa shape index (κ3) is 11.5. The third-order valence-electron chi connectivity index (χ3n) is 9.64. The van der Waals surface area contributed by atoms with Crippen LogP contribution < -0.4 is 5.32 Å². The summed E-state index contributed by atoms with van der Waals surface area (Å²) < 4.78 is 107. The number of hydrogen-bond acceptors (Lipinski definition) is 6. The molecule has 4 aromatic rings. The van der Waals surface area contributed by atoms with E-state index in [2.05, 4.69) is 5.32 Å². The van der Waals surface area contributed by atoms with Crippen LogP contribution in [0.1, 0.15) is 80.0 Å². The summed E-state index contributed by atoms with van der Waals surface area (Å²) in [5.74, 6) is 0. The molecule has 0 bridgehead atoms. The summed E-state index contributed by atoms with van der Waals surface area (Å²) in [5, 5.41) is 2.97. The second kappa shape index (κ2) is 17.6. The molecule has 0 unspecified atom stereocenters. The molecule has 3 atom stereocenters. The molecule has 2 amide bonds. The van der Waals surface area contributed by atoms with Gasteiger partial charge >= 0.3 is 24.5 Å². The molecule has 4 aromatic carbocycles. The van der Waals surface area contributed by atoms with Gasteiger partial charge in [0.05, 0.1) is 54.7 Å². The summed E-state index contributed by atoms with van der Waals surface area (Å²) in [6, 6.07) is 28.3. The van der Waals surface area contributed by atoms with E-state index < -0.39 is 58.4 Å². The molecule has 1 heterocycles. The Labute approximate surface area is 328 Å². The minimum atomic E-state index is -5.06. The minimum absolute atomic E-state index is 0.0599. The van der Waals surface area contributed by atoms with Crippen LogP contribution in [-0.4, -0.2) is 48.0 Å². The summed E-state index contributed by atoms with van der Waals surface area (Å²) >= 11 is 0. The lowest BCUT2D eigenvalue weighted by Crippen LogP contribution is -2.68. The molecular formula is C43H46F6N2O6. The first-order valence-corrected chi connectivity index (χ1v) is 18.4. The van der Waals surface area contributed by atoms with Gasteiger partial charge in [-0.15, -0.1) is 0 Å². The maximum absolute atomic E-state index is 14.5. The molecule has 8 nitrogen and oxygen atoms in total. The van der Waals surface area contributed by atoms with E-state index in [0.29, 0.717) is 23.3 Å². The van der Waals surface area contributed by atoms with Crippen molar-refractivity contribution in [2.45, 2.75) is 88.9 Å². The Morgan fingerprint density at radius 1 is 0.737 bits per heavy atom. The molecule has 0 aliphatic carbocycles. The summed E-state index contributed by atoms with van der Waals surface area (Å²) in [5.41, 5.74) is -4.71. The molecule has 1 aliphatic heterocycles. The fourth-order valence-corrected chi connectivity index (χ4v) is 6.72. The molecule has 1 aliphatic rings. The highest BCUT2D eigenvalue weighted by atomic mass is 19.4. The number of likely N-dealkylation sites (tertiary alicyclic amines) is 1. The van der Waals surface area contributed by atoms with E-state index in [1.165, 1.54) is 11.8 Å². The summed E-state index contributed by atoms with van der Waals surface area (Å²) in [6.07, 6.45) is -12.7. The largest absolute Gasteiger partial charge is 0.445 e. The van der Waals surface area contributed by atoms with Crippen LogP contribution in [0.4, 0.5) is 35.9 Å². The van der Waals surface area contributed by atoms with Crippen LogP contribution in [-0.2, 0) is 50.1 Å². The number of hydrogen-bond donors (Lipinski definition) is 1. The Hall–Kier alpha value is -5.08. The van der Waals surface area contributed by atoms with Gasteiger partial charge in [-0.05, 0) is 81.0 Å². The van der Waals surface area contributed by atoms with Crippen LogP contribution in [0.15, 0.2) is 109 Å². The topological polar surface area (TPSA) is 86.3 Å². The van der Waals surface area contributed by atoms with Gasteiger partial charge in [0.25, 0.3) is 0 Å². The Balaban J connectivity index is 1.55. The van der Waals surface area contributed by atoms with Crippen molar-refractivity contribution < 1.29 is 54.9 Å². The smallest absolute Gasteiger partial charge is 0.416 e. The van der Waals surface area contributed by atoms with Gasteiger partial charge in [-0.25, -0.2) is 9.59 Å². The van der Waals surface area contributed by atoms with Gasteiger partial charge in [-0.2, -0.15) is 26.3 Å².